The molecule has 7 heteroatoms. The Morgan fingerprint density at radius 2 is 1.73 bits per heavy atom. The van der Waals surface area contributed by atoms with Crippen LogP contribution in [0.4, 0.5) is 0 Å². The number of piperidine rings is 1. The van der Waals surface area contributed by atoms with Gasteiger partial charge >= 0.3 is 0 Å². The molecule has 2 aromatic rings. The molecule has 0 N–H and O–H groups in total. The van der Waals surface area contributed by atoms with Crippen LogP contribution in [0, 0.1) is 0 Å². The van der Waals surface area contributed by atoms with Gasteiger partial charge in [-0.25, -0.2) is 8.42 Å². The smallest absolute Gasteiger partial charge is 0.243 e. The van der Waals surface area contributed by atoms with E-state index in [4.69, 9.17) is 9.47 Å². The molecule has 0 spiro atoms. The average molecular weight is 374 g/mol. The molecule has 2 atom stereocenters. The number of pyridine rings is 1. The molecular formula is C19H22N2O4S. The molecule has 2 unspecified atom stereocenters. The van der Waals surface area contributed by atoms with E-state index in [1.54, 1.807) is 41.0 Å². The van der Waals surface area contributed by atoms with Crippen molar-refractivity contribution in [2.24, 2.45) is 0 Å². The summed E-state index contributed by atoms with van der Waals surface area (Å²) < 4.78 is 39.3. The van der Waals surface area contributed by atoms with Crippen molar-refractivity contribution in [2.75, 3.05) is 7.11 Å². The molecule has 2 aliphatic rings. The first-order valence-electron chi connectivity index (χ1n) is 8.82. The van der Waals surface area contributed by atoms with Crippen molar-refractivity contribution < 1.29 is 17.9 Å². The highest BCUT2D eigenvalue weighted by Crippen LogP contribution is 2.41. The minimum atomic E-state index is -3.54. The third-order valence-electron chi connectivity index (χ3n) is 5.19. The summed E-state index contributed by atoms with van der Waals surface area (Å²) in [6.07, 6.45) is 6.61. The molecule has 1 aromatic heterocycles. The van der Waals surface area contributed by atoms with Gasteiger partial charge in [-0.05, 0) is 37.1 Å². The Morgan fingerprint density at radius 3 is 2.38 bits per heavy atom. The topological polar surface area (TPSA) is 68.7 Å². The largest absolute Gasteiger partial charge is 0.497 e. The van der Waals surface area contributed by atoms with Crippen molar-refractivity contribution in [1.29, 1.82) is 0 Å². The van der Waals surface area contributed by atoms with Crippen LogP contribution in [0.5, 0.6) is 11.5 Å². The quantitative estimate of drug-likeness (QED) is 0.805. The van der Waals surface area contributed by atoms with Gasteiger partial charge in [0.2, 0.25) is 10.0 Å². The number of sulfonamides is 1. The van der Waals surface area contributed by atoms with E-state index in [1.807, 2.05) is 12.1 Å². The first kappa shape index (κ1) is 17.3. The number of hydrogen-bond acceptors (Lipinski definition) is 5. The molecule has 0 radical (unpaired) electrons. The summed E-state index contributed by atoms with van der Waals surface area (Å²) in [5.41, 5.74) is 0. The Morgan fingerprint density at radius 1 is 1.04 bits per heavy atom. The molecule has 0 aliphatic carbocycles. The maximum atomic E-state index is 13.2. The summed E-state index contributed by atoms with van der Waals surface area (Å²) in [5.74, 6) is 1.34. The number of aromatic nitrogens is 1. The standard InChI is InChI=1S/C19H22N2O4S/c1-24-17-3-2-4-19(13-17)26(22,23)21-14-5-6-15(21)12-18(11-14)25-16-7-9-20-10-8-16/h2-4,7-10,13-15,18H,5-6,11-12H2,1H3. The van der Waals surface area contributed by atoms with Gasteiger partial charge in [0.25, 0.3) is 0 Å². The van der Waals surface area contributed by atoms with Crippen molar-refractivity contribution >= 4 is 10.0 Å². The lowest BCUT2D eigenvalue weighted by molar-refractivity contribution is 0.0956. The van der Waals surface area contributed by atoms with Gasteiger partial charge in [0.05, 0.1) is 12.0 Å². The zero-order chi connectivity index (χ0) is 18.1. The van der Waals surface area contributed by atoms with E-state index in [-0.39, 0.29) is 18.2 Å². The Hall–Kier alpha value is -2.12. The second-order valence-corrected chi connectivity index (χ2v) is 8.64. The van der Waals surface area contributed by atoms with Crippen LogP contribution in [0.2, 0.25) is 0 Å². The predicted molar refractivity (Wildman–Crippen MR) is 96.7 cm³/mol. The van der Waals surface area contributed by atoms with Crippen LogP contribution in [-0.2, 0) is 10.0 Å². The molecule has 2 aliphatic heterocycles. The van der Waals surface area contributed by atoms with Gasteiger partial charge in [-0.2, -0.15) is 4.31 Å². The number of hydrogen-bond donors (Lipinski definition) is 0. The first-order chi connectivity index (χ1) is 12.6. The highest BCUT2D eigenvalue weighted by atomic mass is 32.2. The highest BCUT2D eigenvalue weighted by Gasteiger charge is 2.47. The monoisotopic (exact) mass is 374 g/mol. The summed E-state index contributed by atoms with van der Waals surface area (Å²) in [5, 5.41) is 0. The number of methoxy groups -OCH3 is 1. The summed E-state index contributed by atoms with van der Waals surface area (Å²) >= 11 is 0. The lowest BCUT2D eigenvalue weighted by Gasteiger charge is -2.37. The molecule has 2 saturated heterocycles. The van der Waals surface area contributed by atoms with Crippen molar-refractivity contribution in [2.45, 2.75) is 48.8 Å². The second kappa shape index (κ2) is 6.89. The first-order valence-corrected chi connectivity index (χ1v) is 10.3. The SMILES string of the molecule is COc1cccc(S(=O)(=O)N2C3CCC2CC(Oc2ccncc2)C3)c1. The average Bonchev–Trinajstić information content (AvgIpc) is 2.95. The van der Waals surface area contributed by atoms with E-state index in [0.717, 1.165) is 18.6 Å². The fourth-order valence-electron chi connectivity index (χ4n) is 4.07. The van der Waals surface area contributed by atoms with E-state index in [9.17, 15) is 8.42 Å². The number of nitrogens with zero attached hydrogens (tertiary/aromatic N) is 2. The minimum absolute atomic E-state index is 0.0169. The molecule has 6 nitrogen and oxygen atoms in total. The Balaban J connectivity index is 1.54. The van der Waals surface area contributed by atoms with Gasteiger partial charge in [-0.15, -0.1) is 0 Å². The molecule has 3 heterocycles. The maximum Gasteiger partial charge on any atom is 0.243 e. The van der Waals surface area contributed by atoms with E-state index >= 15 is 0 Å². The van der Waals surface area contributed by atoms with Gasteiger partial charge in [0.15, 0.2) is 0 Å². The van der Waals surface area contributed by atoms with Crippen LogP contribution >= 0.6 is 0 Å². The number of ether oxygens (including phenoxy) is 2. The molecule has 2 fully saturated rings. The molecule has 1 aromatic carbocycles. The Labute approximate surface area is 153 Å². The van der Waals surface area contributed by atoms with Crippen LogP contribution in [0.3, 0.4) is 0 Å². The Kier molecular flexibility index (Phi) is 4.58. The van der Waals surface area contributed by atoms with E-state index in [1.165, 1.54) is 7.11 Å². The summed E-state index contributed by atoms with van der Waals surface area (Å²) in [4.78, 5) is 4.29. The molecule has 0 amide bonds. The normalized spacial score (nSPS) is 25.8. The van der Waals surface area contributed by atoms with Gasteiger partial charge < -0.3 is 9.47 Å². The summed E-state index contributed by atoms with van der Waals surface area (Å²) in [7, 11) is -2.00. The van der Waals surface area contributed by atoms with Crippen molar-refractivity contribution in [3.8, 4) is 11.5 Å². The fraction of sp³-hybridized carbons (Fsp3) is 0.421. The van der Waals surface area contributed by atoms with Gasteiger partial charge in [-0.1, -0.05) is 6.07 Å². The van der Waals surface area contributed by atoms with E-state index in [0.29, 0.717) is 23.5 Å². The maximum absolute atomic E-state index is 13.2. The molecule has 4 rings (SSSR count). The molecule has 26 heavy (non-hydrogen) atoms. The third kappa shape index (κ3) is 3.17. The molecule has 0 saturated carbocycles. The second-order valence-electron chi connectivity index (χ2n) is 6.79. The van der Waals surface area contributed by atoms with Crippen molar-refractivity contribution in [3.05, 3.63) is 48.8 Å². The van der Waals surface area contributed by atoms with Gasteiger partial charge in [0.1, 0.15) is 17.6 Å². The number of fused-ring (bicyclic) bond motifs is 2. The third-order valence-corrected chi connectivity index (χ3v) is 7.19. The highest BCUT2D eigenvalue weighted by molar-refractivity contribution is 7.89. The van der Waals surface area contributed by atoms with Crippen LogP contribution in [0.1, 0.15) is 25.7 Å². The van der Waals surface area contributed by atoms with Crippen molar-refractivity contribution in [3.63, 3.8) is 0 Å². The van der Waals surface area contributed by atoms with Crippen LogP contribution in [-0.4, -0.2) is 43.0 Å². The lowest BCUT2D eigenvalue weighted by Crippen LogP contribution is -2.49. The van der Waals surface area contributed by atoms with Crippen LogP contribution in [0.15, 0.2) is 53.7 Å². The summed E-state index contributed by atoms with van der Waals surface area (Å²) in [6, 6.07) is 10.3. The summed E-state index contributed by atoms with van der Waals surface area (Å²) in [6.45, 7) is 0. The Bertz CT molecular complexity index is 858. The predicted octanol–water partition coefficient (Wildman–Crippen LogP) is 2.85. The zero-order valence-corrected chi connectivity index (χ0v) is 15.4. The minimum Gasteiger partial charge on any atom is -0.497 e. The van der Waals surface area contributed by atoms with Crippen LogP contribution < -0.4 is 9.47 Å². The van der Waals surface area contributed by atoms with Gasteiger partial charge in [-0.3, -0.25) is 4.98 Å². The van der Waals surface area contributed by atoms with Crippen LogP contribution in [0.25, 0.3) is 0 Å². The zero-order valence-electron chi connectivity index (χ0n) is 14.6. The molecule has 138 valence electrons. The lowest BCUT2D eigenvalue weighted by atomic mass is 10.0. The molecule has 2 bridgehead atoms. The fourth-order valence-corrected chi connectivity index (χ4v) is 5.99. The number of rotatable bonds is 5. The van der Waals surface area contributed by atoms with Crippen molar-refractivity contribution in [1.82, 2.24) is 9.29 Å². The number of benzene rings is 1. The van der Waals surface area contributed by atoms with E-state index in [2.05, 4.69) is 4.98 Å². The van der Waals surface area contributed by atoms with Gasteiger partial charge in [0, 0.05) is 43.4 Å². The molecular weight excluding hydrogens is 352 g/mol. The van der Waals surface area contributed by atoms with E-state index < -0.39 is 10.0 Å².